The van der Waals surface area contributed by atoms with E-state index in [9.17, 15) is 4.79 Å². The Labute approximate surface area is 137 Å². The Bertz CT molecular complexity index is 734. The molecule has 1 fully saturated rings. The molecule has 1 saturated heterocycles. The molecule has 1 aliphatic carbocycles. The molecular weight excluding hydrogens is 286 g/mol. The predicted molar refractivity (Wildman–Crippen MR) is 89.5 cm³/mol. The number of carbonyl (C=O) groups excluding carboxylic acids is 1. The summed E-state index contributed by atoms with van der Waals surface area (Å²) in [5, 5.41) is 4.37. The molecule has 0 saturated carbocycles. The normalized spacial score (nSPS) is 20.0. The van der Waals surface area contributed by atoms with Crippen LogP contribution in [0.25, 0.3) is 0 Å². The van der Waals surface area contributed by atoms with Gasteiger partial charge in [0.1, 0.15) is 0 Å². The van der Waals surface area contributed by atoms with Crippen molar-refractivity contribution in [1.82, 2.24) is 14.7 Å². The van der Waals surface area contributed by atoms with E-state index in [4.69, 9.17) is 0 Å². The first-order valence-electron chi connectivity index (χ1n) is 8.62. The fraction of sp³-hybridized carbons (Fsp3) is 0.474. The number of likely N-dealkylation sites (tertiary alicyclic amines) is 1. The van der Waals surface area contributed by atoms with Crippen LogP contribution in [0.4, 0.5) is 0 Å². The maximum absolute atomic E-state index is 12.9. The van der Waals surface area contributed by atoms with Crippen molar-refractivity contribution in [1.29, 1.82) is 0 Å². The highest BCUT2D eigenvalue weighted by Crippen LogP contribution is 2.26. The maximum atomic E-state index is 12.9. The fourth-order valence-electron chi connectivity index (χ4n) is 3.95. The van der Waals surface area contributed by atoms with Crippen LogP contribution in [0.1, 0.15) is 46.3 Å². The van der Waals surface area contributed by atoms with E-state index in [0.717, 1.165) is 44.3 Å². The third-order valence-corrected chi connectivity index (χ3v) is 5.14. The lowest BCUT2D eigenvalue weighted by atomic mass is 10.1. The highest BCUT2D eigenvalue weighted by Gasteiger charge is 2.30. The van der Waals surface area contributed by atoms with Crippen molar-refractivity contribution in [2.24, 2.45) is 0 Å². The molecule has 0 bridgehead atoms. The predicted octanol–water partition coefficient (Wildman–Crippen LogP) is 2.99. The molecule has 0 unspecified atom stereocenters. The quantitative estimate of drug-likeness (QED) is 0.874. The Morgan fingerprint density at radius 3 is 2.96 bits per heavy atom. The highest BCUT2D eigenvalue weighted by molar-refractivity contribution is 5.95. The minimum absolute atomic E-state index is 0.186. The second kappa shape index (κ2) is 5.84. The maximum Gasteiger partial charge on any atom is 0.254 e. The average Bonchev–Trinajstić information content (AvgIpc) is 3.27. The first-order valence-corrected chi connectivity index (χ1v) is 8.62. The summed E-state index contributed by atoms with van der Waals surface area (Å²) in [5.41, 5.74) is 4.81. The number of carbonyl (C=O) groups is 1. The summed E-state index contributed by atoms with van der Waals surface area (Å²) in [7, 11) is 0. The second-order valence-electron chi connectivity index (χ2n) is 6.87. The van der Waals surface area contributed by atoms with Crippen molar-refractivity contribution >= 4 is 5.91 Å². The topological polar surface area (TPSA) is 38.1 Å². The molecule has 4 rings (SSSR count). The van der Waals surface area contributed by atoms with E-state index in [1.807, 2.05) is 28.8 Å². The minimum Gasteiger partial charge on any atom is -0.334 e. The van der Waals surface area contributed by atoms with Crippen LogP contribution in [-0.4, -0.2) is 33.2 Å². The number of fused-ring (bicyclic) bond motifs is 1. The summed E-state index contributed by atoms with van der Waals surface area (Å²) in [6.07, 6.45) is 9.58. The molecule has 0 radical (unpaired) electrons. The lowest BCUT2D eigenvalue weighted by molar-refractivity contribution is 0.0721. The standard InChI is InChI=1S/C19H23N3O/c1-14-11-20-21(12-14)13-18-6-3-9-22(18)19(23)17-8-7-15-4-2-5-16(15)10-17/h7-8,10-12,18H,2-6,9,13H2,1H3/t18-/m0/s1. The van der Waals surface area contributed by atoms with Crippen molar-refractivity contribution < 1.29 is 4.79 Å². The van der Waals surface area contributed by atoms with Gasteiger partial charge in [-0.05, 0) is 67.9 Å². The molecule has 1 atom stereocenters. The number of rotatable bonds is 3. The van der Waals surface area contributed by atoms with E-state index in [-0.39, 0.29) is 11.9 Å². The summed E-state index contributed by atoms with van der Waals surface area (Å²) in [4.78, 5) is 15.0. The van der Waals surface area contributed by atoms with Crippen LogP contribution in [0.5, 0.6) is 0 Å². The van der Waals surface area contributed by atoms with Gasteiger partial charge in [-0.3, -0.25) is 9.48 Å². The van der Waals surface area contributed by atoms with Crippen molar-refractivity contribution in [3.8, 4) is 0 Å². The van der Waals surface area contributed by atoms with E-state index in [2.05, 4.69) is 23.4 Å². The molecule has 2 aromatic rings. The molecule has 23 heavy (non-hydrogen) atoms. The Kier molecular flexibility index (Phi) is 3.68. The zero-order valence-corrected chi connectivity index (χ0v) is 13.7. The van der Waals surface area contributed by atoms with E-state index >= 15 is 0 Å². The first-order chi connectivity index (χ1) is 11.2. The number of aromatic nitrogens is 2. The van der Waals surface area contributed by atoms with Crippen LogP contribution < -0.4 is 0 Å². The monoisotopic (exact) mass is 309 g/mol. The Hall–Kier alpha value is -2.10. The largest absolute Gasteiger partial charge is 0.334 e. The van der Waals surface area contributed by atoms with Crippen LogP contribution in [0.3, 0.4) is 0 Å². The van der Waals surface area contributed by atoms with Gasteiger partial charge < -0.3 is 4.90 Å². The zero-order valence-electron chi connectivity index (χ0n) is 13.7. The van der Waals surface area contributed by atoms with Gasteiger partial charge in [0.25, 0.3) is 5.91 Å². The molecule has 4 heteroatoms. The van der Waals surface area contributed by atoms with Gasteiger partial charge in [0.05, 0.1) is 18.8 Å². The second-order valence-corrected chi connectivity index (χ2v) is 6.87. The van der Waals surface area contributed by atoms with Gasteiger partial charge in [-0.1, -0.05) is 6.07 Å². The van der Waals surface area contributed by atoms with Gasteiger partial charge in [-0.2, -0.15) is 5.10 Å². The van der Waals surface area contributed by atoms with E-state index in [1.54, 1.807) is 0 Å². The molecule has 2 heterocycles. The molecule has 2 aliphatic rings. The lowest BCUT2D eigenvalue weighted by Crippen LogP contribution is -2.38. The van der Waals surface area contributed by atoms with Gasteiger partial charge in [0, 0.05) is 18.3 Å². The highest BCUT2D eigenvalue weighted by atomic mass is 16.2. The van der Waals surface area contributed by atoms with Crippen LogP contribution in [-0.2, 0) is 19.4 Å². The minimum atomic E-state index is 0.186. The third-order valence-electron chi connectivity index (χ3n) is 5.14. The summed E-state index contributed by atoms with van der Waals surface area (Å²) in [6.45, 7) is 3.71. The van der Waals surface area contributed by atoms with E-state index in [1.165, 1.54) is 23.1 Å². The van der Waals surface area contributed by atoms with Crippen LogP contribution in [0, 0.1) is 6.92 Å². The van der Waals surface area contributed by atoms with Crippen LogP contribution in [0.15, 0.2) is 30.6 Å². The van der Waals surface area contributed by atoms with Gasteiger partial charge in [-0.25, -0.2) is 0 Å². The number of benzene rings is 1. The molecule has 4 nitrogen and oxygen atoms in total. The summed E-state index contributed by atoms with van der Waals surface area (Å²) < 4.78 is 1.97. The molecule has 1 aromatic carbocycles. The summed E-state index contributed by atoms with van der Waals surface area (Å²) >= 11 is 0. The van der Waals surface area contributed by atoms with Crippen molar-refractivity contribution in [3.63, 3.8) is 0 Å². The fourth-order valence-corrected chi connectivity index (χ4v) is 3.95. The Morgan fingerprint density at radius 1 is 1.26 bits per heavy atom. The zero-order chi connectivity index (χ0) is 15.8. The summed E-state index contributed by atoms with van der Waals surface area (Å²) in [6, 6.07) is 6.55. The molecular formula is C19H23N3O. The van der Waals surface area contributed by atoms with Crippen molar-refractivity contribution in [2.45, 2.75) is 51.6 Å². The van der Waals surface area contributed by atoms with Gasteiger partial charge in [0.2, 0.25) is 0 Å². The van der Waals surface area contributed by atoms with Crippen LogP contribution in [0.2, 0.25) is 0 Å². The summed E-state index contributed by atoms with van der Waals surface area (Å²) in [5.74, 6) is 0.186. The third kappa shape index (κ3) is 2.78. The Balaban J connectivity index is 1.52. The lowest BCUT2D eigenvalue weighted by Gasteiger charge is -2.25. The number of aryl methyl sites for hydroxylation is 3. The molecule has 1 amide bonds. The van der Waals surface area contributed by atoms with Gasteiger partial charge in [0.15, 0.2) is 0 Å². The molecule has 1 aromatic heterocycles. The SMILES string of the molecule is Cc1cnn(C[C@@H]2CCCN2C(=O)c2ccc3c(c2)CCC3)c1. The average molecular weight is 309 g/mol. The number of hydrogen-bond donors (Lipinski definition) is 0. The van der Waals surface area contributed by atoms with Gasteiger partial charge >= 0.3 is 0 Å². The number of hydrogen-bond acceptors (Lipinski definition) is 2. The van der Waals surface area contributed by atoms with Gasteiger partial charge in [-0.15, -0.1) is 0 Å². The molecule has 1 aliphatic heterocycles. The van der Waals surface area contributed by atoms with E-state index < -0.39 is 0 Å². The van der Waals surface area contributed by atoms with E-state index in [0.29, 0.717) is 0 Å². The molecule has 120 valence electrons. The smallest absolute Gasteiger partial charge is 0.254 e. The molecule has 0 spiro atoms. The first kappa shape index (κ1) is 14.5. The van der Waals surface area contributed by atoms with Crippen LogP contribution >= 0.6 is 0 Å². The number of amides is 1. The number of nitrogens with zero attached hydrogens (tertiary/aromatic N) is 3. The van der Waals surface area contributed by atoms with Crippen molar-refractivity contribution in [2.75, 3.05) is 6.54 Å². The van der Waals surface area contributed by atoms with Crippen molar-refractivity contribution in [3.05, 3.63) is 52.8 Å². The molecule has 0 N–H and O–H groups in total. The Morgan fingerprint density at radius 2 is 2.13 bits per heavy atom.